The second-order valence-electron chi connectivity index (χ2n) is 13.8. The van der Waals surface area contributed by atoms with Gasteiger partial charge in [0.25, 0.3) is 15.9 Å². The van der Waals surface area contributed by atoms with Gasteiger partial charge in [0.15, 0.2) is 5.54 Å². The number of anilines is 1. The maximum Gasteiger partial charge on any atom is 0.306 e. The number of carbonyl (C=O) groups is 3. The predicted octanol–water partition coefficient (Wildman–Crippen LogP) is 4.58. The quantitative estimate of drug-likeness (QED) is 0.293. The third-order valence-electron chi connectivity index (χ3n) is 10.6. The number of likely N-dealkylation sites (tertiary alicyclic amines) is 2. The number of ether oxygens (including phenoxy) is 3. The monoisotopic (exact) mass is 768 g/mol. The number of aliphatic carboxylic acids is 1. The van der Waals surface area contributed by atoms with Gasteiger partial charge >= 0.3 is 5.97 Å². The zero-order valence-corrected chi connectivity index (χ0v) is 32.1. The smallest absolute Gasteiger partial charge is 0.306 e. The van der Waals surface area contributed by atoms with E-state index in [4.69, 9.17) is 25.8 Å². The number of rotatable bonds is 11. The van der Waals surface area contributed by atoms with E-state index in [1.54, 1.807) is 26.2 Å². The number of benzene rings is 3. The second kappa shape index (κ2) is 15.2. The van der Waals surface area contributed by atoms with Gasteiger partial charge in [-0.1, -0.05) is 24.1 Å². The molecule has 0 bridgehead atoms. The van der Waals surface area contributed by atoms with Crippen LogP contribution in [0.4, 0.5) is 5.69 Å². The molecule has 1 N–H and O–H groups in total. The number of carboxylic acid groups (broad SMARTS) is 1. The molecule has 2 atom stereocenters. The van der Waals surface area contributed by atoms with Crippen LogP contribution in [0.5, 0.6) is 17.2 Å². The Morgan fingerprint density at radius 2 is 1.60 bits per heavy atom. The fourth-order valence-electron chi connectivity index (χ4n) is 7.98. The molecule has 3 aromatic rings. The molecule has 2 saturated heterocycles. The van der Waals surface area contributed by atoms with E-state index in [0.29, 0.717) is 67.9 Å². The summed E-state index contributed by atoms with van der Waals surface area (Å²) in [7, 11) is 2.91. The number of fused-ring (bicyclic) bond motifs is 1. The van der Waals surface area contributed by atoms with E-state index >= 15 is 4.79 Å². The average Bonchev–Trinajstić information content (AvgIpc) is 3.42. The summed E-state index contributed by atoms with van der Waals surface area (Å²) in [5, 5.41) is 9.81. The molecule has 53 heavy (non-hydrogen) atoms. The number of sulfonamides is 1. The van der Waals surface area contributed by atoms with Gasteiger partial charge in [0.2, 0.25) is 5.91 Å². The Morgan fingerprint density at radius 1 is 0.887 bits per heavy atom. The SMILES string of the molecule is COc1ccc(S(=O)(=O)N2C(=O)C(c3cc(CN4CCC(C(=O)O)CC4)ccc3OC)(N3CCCC[C@H]3C(=O)N(C)C)c3cc(Cl)ccc32)c(OC)c1. The van der Waals surface area contributed by atoms with Crippen LogP contribution in [0.2, 0.25) is 5.02 Å². The number of piperidine rings is 2. The lowest BCUT2D eigenvalue weighted by molar-refractivity contribution is -0.144. The number of halogens is 1. The number of carbonyl (C=O) groups excluding carboxylic acids is 2. The lowest BCUT2D eigenvalue weighted by Crippen LogP contribution is -2.62. The lowest BCUT2D eigenvalue weighted by Gasteiger charge is -2.47. The summed E-state index contributed by atoms with van der Waals surface area (Å²) in [5.41, 5.74) is -0.342. The molecule has 0 spiro atoms. The first-order valence-corrected chi connectivity index (χ1v) is 19.3. The third-order valence-corrected chi connectivity index (χ3v) is 12.6. The van der Waals surface area contributed by atoms with E-state index in [1.165, 1.54) is 56.6 Å². The standard InChI is InChI=1S/C38H45ClN4O9S/c1-40(2)35(44)31-8-6-7-17-42(31)38(29-20-24(9-13-32(29)51-4)23-41-18-15-25(16-19-41)36(45)46)28-21-26(39)10-12-30(28)43(37(38)47)53(48,49)34-14-11-27(50-3)22-33(34)52-5/h9-14,20-22,25,31H,6-8,15-19,23H2,1-5H3,(H,45,46)/t31-,38?/m0/s1. The van der Waals surface area contributed by atoms with Crippen LogP contribution in [0.25, 0.3) is 0 Å². The molecule has 0 aliphatic carbocycles. The highest BCUT2D eigenvalue weighted by atomic mass is 35.5. The van der Waals surface area contributed by atoms with Crippen LogP contribution in [-0.4, -0.2) is 107 Å². The van der Waals surface area contributed by atoms with Gasteiger partial charge < -0.3 is 24.2 Å². The first-order valence-electron chi connectivity index (χ1n) is 17.5. The minimum Gasteiger partial charge on any atom is -0.497 e. The summed E-state index contributed by atoms with van der Waals surface area (Å²) >= 11 is 6.72. The molecule has 0 aromatic heterocycles. The van der Waals surface area contributed by atoms with Crippen molar-refractivity contribution in [2.45, 2.75) is 55.1 Å². The second-order valence-corrected chi connectivity index (χ2v) is 16.0. The van der Waals surface area contributed by atoms with Gasteiger partial charge in [-0.2, -0.15) is 0 Å². The van der Waals surface area contributed by atoms with E-state index in [-0.39, 0.29) is 33.8 Å². The molecule has 3 heterocycles. The molecule has 3 aliphatic heterocycles. The van der Waals surface area contributed by atoms with Crippen LogP contribution in [0, 0.1) is 5.92 Å². The van der Waals surface area contributed by atoms with Gasteiger partial charge in [-0.3, -0.25) is 24.2 Å². The Bertz CT molecular complexity index is 2020. The van der Waals surface area contributed by atoms with Crippen molar-refractivity contribution < 1.29 is 42.1 Å². The number of nitrogens with zero attached hydrogens (tertiary/aromatic N) is 4. The topological polar surface area (TPSA) is 146 Å². The molecule has 13 nitrogen and oxygen atoms in total. The number of hydrogen-bond donors (Lipinski definition) is 1. The molecule has 0 saturated carbocycles. The molecule has 3 aromatic carbocycles. The highest BCUT2D eigenvalue weighted by Crippen LogP contribution is 2.55. The molecule has 6 rings (SSSR count). The third kappa shape index (κ3) is 6.70. The van der Waals surface area contributed by atoms with Crippen LogP contribution in [0.1, 0.15) is 48.8 Å². The molecule has 3 aliphatic rings. The average molecular weight is 769 g/mol. The first kappa shape index (κ1) is 38.4. The van der Waals surface area contributed by atoms with Crippen LogP contribution in [-0.2, 0) is 36.5 Å². The summed E-state index contributed by atoms with van der Waals surface area (Å²) in [6.45, 7) is 1.88. The van der Waals surface area contributed by atoms with Crippen molar-refractivity contribution in [3.63, 3.8) is 0 Å². The fraction of sp³-hybridized carbons (Fsp3) is 0.447. The summed E-state index contributed by atoms with van der Waals surface area (Å²) in [5.74, 6) is -1.58. The zero-order chi connectivity index (χ0) is 38.2. The van der Waals surface area contributed by atoms with Crippen molar-refractivity contribution in [3.8, 4) is 17.2 Å². The molecule has 0 radical (unpaired) electrons. The number of likely N-dealkylation sites (N-methyl/N-ethyl adjacent to an activating group) is 1. The maximum absolute atomic E-state index is 15.8. The van der Waals surface area contributed by atoms with E-state index in [0.717, 1.165) is 16.3 Å². The van der Waals surface area contributed by atoms with Gasteiger partial charge in [-0.25, -0.2) is 12.7 Å². The van der Waals surface area contributed by atoms with Gasteiger partial charge in [0.1, 0.15) is 22.1 Å². The van der Waals surface area contributed by atoms with Crippen molar-refractivity contribution in [1.82, 2.24) is 14.7 Å². The van der Waals surface area contributed by atoms with E-state index in [9.17, 15) is 23.1 Å². The highest BCUT2D eigenvalue weighted by molar-refractivity contribution is 7.93. The van der Waals surface area contributed by atoms with Crippen molar-refractivity contribution in [1.29, 1.82) is 0 Å². The summed E-state index contributed by atoms with van der Waals surface area (Å²) < 4.78 is 47.5. The van der Waals surface area contributed by atoms with Gasteiger partial charge in [-0.05, 0) is 86.8 Å². The maximum atomic E-state index is 15.8. The summed E-state index contributed by atoms with van der Waals surface area (Å²) in [6.07, 6.45) is 2.82. The van der Waals surface area contributed by atoms with Crippen LogP contribution < -0.4 is 18.5 Å². The van der Waals surface area contributed by atoms with Gasteiger partial charge in [-0.15, -0.1) is 0 Å². The Labute approximate surface area is 315 Å². The highest BCUT2D eigenvalue weighted by Gasteiger charge is 2.62. The molecule has 2 fully saturated rings. The Hall–Kier alpha value is -4.37. The van der Waals surface area contributed by atoms with Crippen molar-refractivity contribution >= 4 is 45.1 Å². The molecular formula is C38H45ClN4O9S. The summed E-state index contributed by atoms with van der Waals surface area (Å²) in [6, 6.07) is 13.6. The van der Waals surface area contributed by atoms with E-state index in [1.807, 2.05) is 17.0 Å². The molecule has 15 heteroatoms. The van der Waals surface area contributed by atoms with E-state index < -0.39 is 39.4 Å². The van der Waals surface area contributed by atoms with Crippen LogP contribution in [0.15, 0.2) is 59.5 Å². The molecule has 1 unspecified atom stereocenters. The van der Waals surface area contributed by atoms with E-state index in [2.05, 4.69) is 4.90 Å². The Balaban J connectivity index is 1.60. The lowest BCUT2D eigenvalue weighted by atomic mass is 9.78. The first-order chi connectivity index (χ1) is 25.3. The Kier molecular flexibility index (Phi) is 11.0. The predicted molar refractivity (Wildman–Crippen MR) is 198 cm³/mol. The fourth-order valence-corrected chi connectivity index (χ4v) is 9.76. The number of amides is 2. The molecule has 2 amide bonds. The Morgan fingerprint density at radius 3 is 2.25 bits per heavy atom. The van der Waals surface area contributed by atoms with Crippen molar-refractivity contribution in [2.24, 2.45) is 5.92 Å². The van der Waals surface area contributed by atoms with Crippen molar-refractivity contribution in [2.75, 3.05) is 59.4 Å². The zero-order valence-electron chi connectivity index (χ0n) is 30.5. The summed E-state index contributed by atoms with van der Waals surface area (Å²) in [4.78, 5) is 46.7. The number of carboxylic acids is 1. The normalized spacial score (nSPS) is 21.3. The van der Waals surface area contributed by atoms with Crippen LogP contribution in [0.3, 0.4) is 0 Å². The molecular weight excluding hydrogens is 724 g/mol. The van der Waals surface area contributed by atoms with Crippen molar-refractivity contribution in [3.05, 3.63) is 76.3 Å². The van der Waals surface area contributed by atoms with Gasteiger partial charge in [0.05, 0.1) is 39.0 Å². The number of methoxy groups -OCH3 is 3. The van der Waals surface area contributed by atoms with Gasteiger partial charge in [0, 0.05) is 49.4 Å². The molecule has 284 valence electrons. The number of hydrogen-bond acceptors (Lipinski definition) is 10. The minimum absolute atomic E-state index is 0.0185. The largest absolute Gasteiger partial charge is 0.497 e. The minimum atomic E-state index is -4.68. The van der Waals surface area contributed by atoms with Crippen LogP contribution >= 0.6 is 11.6 Å².